The van der Waals surface area contributed by atoms with Crippen LogP contribution in [0.25, 0.3) is 0 Å². The Morgan fingerprint density at radius 2 is 2.10 bits per heavy atom. The molecule has 0 aromatic heterocycles. The van der Waals surface area contributed by atoms with Gasteiger partial charge in [-0.15, -0.1) is 0 Å². The third kappa shape index (κ3) is 3.83. The van der Waals surface area contributed by atoms with E-state index in [1.807, 2.05) is 12.1 Å². The van der Waals surface area contributed by atoms with Gasteiger partial charge in [0.1, 0.15) is 5.75 Å². The highest BCUT2D eigenvalue weighted by Gasteiger charge is 2.31. The Balaban J connectivity index is 1.73. The van der Waals surface area contributed by atoms with Crippen molar-refractivity contribution >= 4 is 10.8 Å². The summed E-state index contributed by atoms with van der Waals surface area (Å²) in [5.41, 5.74) is 1.33. The van der Waals surface area contributed by atoms with Crippen LogP contribution < -0.4 is 10.1 Å². The van der Waals surface area contributed by atoms with Gasteiger partial charge in [0.15, 0.2) is 0 Å². The van der Waals surface area contributed by atoms with E-state index in [0.29, 0.717) is 12.0 Å². The van der Waals surface area contributed by atoms with Crippen LogP contribution in [-0.4, -0.2) is 35.4 Å². The zero-order valence-corrected chi connectivity index (χ0v) is 13.4. The van der Waals surface area contributed by atoms with Gasteiger partial charge in [0.25, 0.3) is 0 Å². The van der Waals surface area contributed by atoms with Crippen LogP contribution in [0.15, 0.2) is 24.3 Å². The Morgan fingerprint density at radius 1 is 1.40 bits per heavy atom. The van der Waals surface area contributed by atoms with Crippen molar-refractivity contribution in [2.75, 3.05) is 19.9 Å². The molecule has 20 heavy (non-hydrogen) atoms. The Hall–Kier alpha value is -0.870. The van der Waals surface area contributed by atoms with Crippen molar-refractivity contribution in [3.63, 3.8) is 0 Å². The minimum atomic E-state index is -0.707. The standard InChI is InChI=1S/C16H25NO2S/c1-12(20(3)18)8-9-17-14-10-13(11-14)15-6-4-5-7-16(15)19-2/h4-7,12-14,17H,8-11H2,1-3H3. The van der Waals surface area contributed by atoms with E-state index in [1.54, 1.807) is 13.4 Å². The lowest BCUT2D eigenvalue weighted by Crippen LogP contribution is -2.41. The topological polar surface area (TPSA) is 38.3 Å². The zero-order valence-electron chi connectivity index (χ0n) is 12.6. The largest absolute Gasteiger partial charge is 0.496 e. The van der Waals surface area contributed by atoms with Crippen molar-refractivity contribution < 1.29 is 8.95 Å². The summed E-state index contributed by atoms with van der Waals surface area (Å²) < 4.78 is 16.7. The first kappa shape index (κ1) is 15.5. The highest BCUT2D eigenvalue weighted by molar-refractivity contribution is 7.84. The molecule has 0 spiro atoms. The van der Waals surface area contributed by atoms with E-state index in [0.717, 1.165) is 18.7 Å². The van der Waals surface area contributed by atoms with Gasteiger partial charge in [-0.1, -0.05) is 25.1 Å². The van der Waals surface area contributed by atoms with Crippen LogP contribution in [0.1, 0.15) is 37.7 Å². The zero-order chi connectivity index (χ0) is 14.5. The fraction of sp³-hybridized carbons (Fsp3) is 0.625. The predicted octanol–water partition coefficient (Wildman–Crippen LogP) is 2.69. The molecule has 4 heteroatoms. The van der Waals surface area contributed by atoms with E-state index >= 15 is 0 Å². The number of nitrogens with one attached hydrogen (secondary N) is 1. The van der Waals surface area contributed by atoms with Crippen LogP contribution in [0.4, 0.5) is 0 Å². The summed E-state index contributed by atoms with van der Waals surface area (Å²) in [6.45, 7) is 3.01. The Morgan fingerprint density at radius 3 is 2.75 bits per heavy atom. The number of hydrogen-bond donors (Lipinski definition) is 1. The van der Waals surface area contributed by atoms with Crippen LogP contribution in [-0.2, 0) is 10.8 Å². The summed E-state index contributed by atoms with van der Waals surface area (Å²) in [6.07, 6.45) is 5.11. The highest BCUT2D eigenvalue weighted by Crippen LogP contribution is 2.40. The molecule has 1 aromatic rings. The number of ether oxygens (including phenoxy) is 1. The monoisotopic (exact) mass is 295 g/mol. The third-order valence-electron chi connectivity index (χ3n) is 4.27. The van der Waals surface area contributed by atoms with Gasteiger partial charge in [-0.05, 0) is 43.4 Å². The summed E-state index contributed by atoms with van der Waals surface area (Å²) in [5, 5.41) is 3.85. The number of benzene rings is 1. The summed E-state index contributed by atoms with van der Waals surface area (Å²) in [7, 11) is 1.03. The van der Waals surface area contributed by atoms with E-state index in [9.17, 15) is 4.21 Å². The van der Waals surface area contributed by atoms with Gasteiger partial charge in [0.2, 0.25) is 0 Å². The van der Waals surface area contributed by atoms with Gasteiger partial charge in [-0.3, -0.25) is 4.21 Å². The smallest absolute Gasteiger partial charge is 0.122 e. The molecule has 1 fully saturated rings. The molecule has 0 amide bonds. The molecule has 1 saturated carbocycles. The molecule has 1 aliphatic carbocycles. The van der Waals surface area contributed by atoms with Gasteiger partial charge in [0.05, 0.1) is 7.11 Å². The maximum atomic E-state index is 11.3. The fourth-order valence-electron chi connectivity index (χ4n) is 2.70. The molecule has 3 nitrogen and oxygen atoms in total. The number of para-hydroxylation sites is 1. The van der Waals surface area contributed by atoms with E-state index in [1.165, 1.54) is 18.4 Å². The molecule has 0 saturated heterocycles. The molecule has 112 valence electrons. The first-order chi connectivity index (χ1) is 9.61. The van der Waals surface area contributed by atoms with Crippen LogP contribution in [0.5, 0.6) is 5.75 Å². The summed E-state index contributed by atoms with van der Waals surface area (Å²) in [6, 6.07) is 8.90. The first-order valence-corrected chi connectivity index (χ1v) is 8.92. The van der Waals surface area contributed by atoms with Gasteiger partial charge in [-0.2, -0.15) is 0 Å². The minimum Gasteiger partial charge on any atom is -0.496 e. The second-order valence-electron chi connectivity index (χ2n) is 5.66. The van der Waals surface area contributed by atoms with E-state index < -0.39 is 10.8 Å². The lowest BCUT2D eigenvalue weighted by Gasteiger charge is -2.37. The molecule has 0 bridgehead atoms. The fourth-order valence-corrected chi connectivity index (χ4v) is 3.15. The van der Waals surface area contributed by atoms with Crippen LogP contribution in [0.2, 0.25) is 0 Å². The summed E-state index contributed by atoms with van der Waals surface area (Å²) in [4.78, 5) is 0. The molecule has 1 aromatic carbocycles. The second kappa shape index (κ2) is 7.23. The number of rotatable bonds is 7. The number of hydrogen-bond acceptors (Lipinski definition) is 3. The van der Waals surface area contributed by atoms with Crippen molar-refractivity contribution in [2.45, 2.75) is 43.4 Å². The molecule has 2 atom stereocenters. The second-order valence-corrected chi connectivity index (χ2v) is 7.46. The van der Waals surface area contributed by atoms with Gasteiger partial charge in [0, 0.05) is 28.3 Å². The average molecular weight is 295 g/mol. The lowest BCUT2D eigenvalue weighted by molar-refractivity contribution is 0.283. The molecule has 2 unspecified atom stereocenters. The maximum Gasteiger partial charge on any atom is 0.122 e. The first-order valence-electron chi connectivity index (χ1n) is 7.30. The van der Waals surface area contributed by atoms with Crippen molar-refractivity contribution in [2.24, 2.45) is 0 Å². The lowest BCUT2D eigenvalue weighted by atomic mass is 9.75. The van der Waals surface area contributed by atoms with Crippen molar-refractivity contribution in [1.82, 2.24) is 5.32 Å². The molecular formula is C16H25NO2S. The van der Waals surface area contributed by atoms with E-state index in [-0.39, 0.29) is 5.25 Å². The Kier molecular flexibility index (Phi) is 5.61. The van der Waals surface area contributed by atoms with Crippen molar-refractivity contribution in [1.29, 1.82) is 0 Å². The van der Waals surface area contributed by atoms with E-state index in [2.05, 4.69) is 24.4 Å². The molecule has 2 rings (SSSR count). The Bertz CT molecular complexity index is 458. The quantitative estimate of drug-likeness (QED) is 0.840. The SMILES string of the molecule is COc1ccccc1C1CC(NCCC(C)S(C)=O)C1. The van der Waals surface area contributed by atoms with Crippen LogP contribution in [0, 0.1) is 0 Å². The maximum absolute atomic E-state index is 11.3. The molecular weight excluding hydrogens is 270 g/mol. The Labute approximate surface area is 124 Å². The molecule has 1 aliphatic rings. The van der Waals surface area contributed by atoms with Crippen LogP contribution in [0.3, 0.4) is 0 Å². The summed E-state index contributed by atoms with van der Waals surface area (Å²) >= 11 is 0. The average Bonchev–Trinajstić information content (AvgIpc) is 2.41. The molecule has 0 radical (unpaired) electrons. The molecule has 0 aliphatic heterocycles. The van der Waals surface area contributed by atoms with Gasteiger partial charge >= 0.3 is 0 Å². The van der Waals surface area contributed by atoms with E-state index in [4.69, 9.17) is 4.74 Å². The molecule has 0 heterocycles. The van der Waals surface area contributed by atoms with Crippen molar-refractivity contribution in [3.05, 3.63) is 29.8 Å². The third-order valence-corrected chi connectivity index (χ3v) is 5.64. The summed E-state index contributed by atoms with van der Waals surface area (Å²) in [5.74, 6) is 1.62. The normalized spacial score (nSPS) is 24.8. The van der Waals surface area contributed by atoms with Crippen LogP contribution >= 0.6 is 0 Å². The number of methoxy groups -OCH3 is 1. The highest BCUT2D eigenvalue weighted by atomic mass is 32.2. The van der Waals surface area contributed by atoms with Gasteiger partial charge in [-0.25, -0.2) is 0 Å². The minimum absolute atomic E-state index is 0.285. The predicted molar refractivity (Wildman–Crippen MR) is 84.9 cm³/mol. The molecule has 1 N–H and O–H groups in total. The van der Waals surface area contributed by atoms with Gasteiger partial charge < -0.3 is 10.1 Å². The van der Waals surface area contributed by atoms with Crippen molar-refractivity contribution in [3.8, 4) is 5.75 Å².